The molecule has 1 heterocycles. The number of nitrogens with two attached hydrogens (primary N) is 1. The lowest BCUT2D eigenvalue weighted by Crippen LogP contribution is -3.00. The molecular formula is C21H39Br2NO. The maximum Gasteiger partial charge on any atom is 0.128 e. The van der Waals surface area contributed by atoms with Gasteiger partial charge in [-0.05, 0) is 11.3 Å². The zero-order chi connectivity index (χ0) is 17.3. The second-order valence-electron chi connectivity index (χ2n) is 7.40. The summed E-state index contributed by atoms with van der Waals surface area (Å²) in [6.07, 6.45) is 18.9. The van der Waals surface area contributed by atoms with E-state index in [9.17, 15) is 0 Å². The highest BCUT2D eigenvalue weighted by Gasteiger charge is 2.34. The van der Waals surface area contributed by atoms with Crippen LogP contribution in [0, 0.1) is 10.8 Å². The topological polar surface area (TPSA) is 25.8 Å². The van der Waals surface area contributed by atoms with Crippen molar-refractivity contribution < 1.29 is 27.0 Å². The van der Waals surface area contributed by atoms with Crippen molar-refractivity contribution in [2.45, 2.75) is 102 Å². The summed E-state index contributed by atoms with van der Waals surface area (Å²) in [5, 5.41) is 2.39. The minimum absolute atomic E-state index is 0. The Kier molecular flexibility index (Phi) is 18.1. The predicted molar refractivity (Wildman–Crippen MR) is 107 cm³/mol. The van der Waals surface area contributed by atoms with Crippen LogP contribution in [0.25, 0.3) is 0 Å². The van der Waals surface area contributed by atoms with Crippen LogP contribution >= 0.6 is 15.9 Å². The van der Waals surface area contributed by atoms with Gasteiger partial charge in [0.05, 0.1) is 13.2 Å². The van der Waals surface area contributed by atoms with Crippen LogP contribution in [0.15, 0.2) is 0 Å². The standard InChI is InChI=1S/C21H38BrNO.BrH/c1-2-3-4-5-6-7-8-9-10-11-12-13-15-21(16-14-17-22)20-23-18-19-24-21;/h23H,2-13,15-16,18-20H2,1H3;1H. The Hall–Kier alpha value is 0.440. The van der Waals surface area contributed by atoms with Crippen LogP contribution in [0.4, 0.5) is 0 Å². The van der Waals surface area contributed by atoms with Gasteiger partial charge >= 0.3 is 0 Å². The number of halogens is 2. The summed E-state index contributed by atoms with van der Waals surface area (Å²) in [5.74, 6) is 3.17. The fourth-order valence-corrected chi connectivity index (χ4v) is 3.79. The van der Waals surface area contributed by atoms with Crippen molar-refractivity contribution in [3.63, 3.8) is 0 Å². The number of quaternary nitrogens is 1. The number of hydrogen-bond donors (Lipinski definition) is 1. The quantitative estimate of drug-likeness (QED) is 0.299. The smallest absolute Gasteiger partial charge is 0.128 e. The van der Waals surface area contributed by atoms with Gasteiger partial charge in [-0.1, -0.05) is 89.9 Å². The van der Waals surface area contributed by atoms with Gasteiger partial charge in [0.15, 0.2) is 0 Å². The zero-order valence-electron chi connectivity index (χ0n) is 16.3. The zero-order valence-corrected chi connectivity index (χ0v) is 19.4. The van der Waals surface area contributed by atoms with Gasteiger partial charge in [0.2, 0.25) is 0 Å². The molecule has 0 aromatic rings. The van der Waals surface area contributed by atoms with Crippen LogP contribution in [0.3, 0.4) is 0 Å². The Morgan fingerprint density at radius 3 is 1.96 bits per heavy atom. The third-order valence-corrected chi connectivity index (χ3v) is 5.49. The van der Waals surface area contributed by atoms with Gasteiger partial charge in [-0.25, -0.2) is 0 Å². The van der Waals surface area contributed by atoms with E-state index in [4.69, 9.17) is 4.74 Å². The van der Waals surface area contributed by atoms with Gasteiger partial charge in [-0.3, -0.25) is 0 Å². The van der Waals surface area contributed by atoms with Crippen LogP contribution in [0.2, 0.25) is 0 Å². The van der Waals surface area contributed by atoms with Crippen molar-refractivity contribution in [1.82, 2.24) is 0 Å². The molecule has 1 aliphatic rings. The molecule has 148 valence electrons. The number of rotatable bonds is 14. The molecule has 1 atom stereocenters. The maximum atomic E-state index is 6.11. The molecule has 0 radical (unpaired) electrons. The van der Waals surface area contributed by atoms with E-state index in [-0.39, 0.29) is 22.6 Å². The minimum atomic E-state index is 0. The van der Waals surface area contributed by atoms with E-state index >= 15 is 0 Å². The minimum Gasteiger partial charge on any atom is -1.00 e. The number of hydrogen-bond acceptors (Lipinski definition) is 1. The van der Waals surface area contributed by atoms with E-state index in [0.29, 0.717) is 0 Å². The molecule has 1 fully saturated rings. The molecule has 2 nitrogen and oxygen atoms in total. The largest absolute Gasteiger partial charge is 1.00 e. The monoisotopic (exact) mass is 479 g/mol. The second kappa shape index (κ2) is 17.8. The molecule has 25 heavy (non-hydrogen) atoms. The van der Waals surface area contributed by atoms with Crippen molar-refractivity contribution >= 4 is 15.9 Å². The fraction of sp³-hybridized carbons (Fsp3) is 0.905. The predicted octanol–water partition coefficient (Wildman–Crippen LogP) is 2.16. The molecule has 1 saturated heterocycles. The Morgan fingerprint density at radius 2 is 1.48 bits per heavy atom. The Bertz CT molecular complexity index is 346. The molecular weight excluding hydrogens is 442 g/mol. The molecule has 1 rings (SSSR count). The Labute approximate surface area is 175 Å². The van der Waals surface area contributed by atoms with E-state index < -0.39 is 0 Å². The van der Waals surface area contributed by atoms with E-state index in [1.54, 1.807) is 0 Å². The lowest BCUT2D eigenvalue weighted by atomic mass is 9.91. The molecule has 1 unspecified atom stereocenters. The molecule has 0 aromatic carbocycles. The molecule has 0 amide bonds. The summed E-state index contributed by atoms with van der Waals surface area (Å²) >= 11 is 3.21. The van der Waals surface area contributed by atoms with Gasteiger partial charge in [0, 0.05) is 22.4 Å². The van der Waals surface area contributed by atoms with Crippen molar-refractivity contribution in [2.75, 3.05) is 19.7 Å². The second-order valence-corrected chi connectivity index (χ2v) is 7.80. The summed E-state index contributed by atoms with van der Waals surface area (Å²) in [6.45, 7) is 5.34. The molecule has 1 aliphatic heterocycles. The van der Waals surface area contributed by atoms with Gasteiger partial charge in [0.25, 0.3) is 0 Å². The van der Waals surface area contributed by atoms with Crippen molar-refractivity contribution in [1.29, 1.82) is 0 Å². The van der Waals surface area contributed by atoms with Crippen LogP contribution in [-0.4, -0.2) is 25.3 Å². The Morgan fingerprint density at radius 1 is 0.920 bits per heavy atom. The first-order valence-corrected chi connectivity index (χ1v) is 11.2. The number of unbranched alkanes of at least 4 members (excludes halogenated alkanes) is 11. The summed E-state index contributed by atoms with van der Waals surface area (Å²) in [5.41, 5.74) is 0.0114. The van der Waals surface area contributed by atoms with Crippen molar-refractivity contribution in [3.05, 3.63) is 0 Å². The molecule has 0 aromatic heterocycles. The van der Waals surface area contributed by atoms with Gasteiger partial charge in [-0.15, -0.1) is 0 Å². The van der Waals surface area contributed by atoms with Gasteiger partial charge in [-0.2, -0.15) is 0 Å². The summed E-state index contributed by atoms with van der Waals surface area (Å²) in [4.78, 5) is 2.85. The van der Waals surface area contributed by atoms with Gasteiger partial charge in [0.1, 0.15) is 12.1 Å². The van der Waals surface area contributed by atoms with E-state index in [1.807, 2.05) is 0 Å². The van der Waals surface area contributed by atoms with E-state index in [0.717, 1.165) is 26.1 Å². The molecule has 2 N–H and O–H groups in total. The molecule has 0 aliphatic carbocycles. The molecule has 0 spiro atoms. The third-order valence-electron chi connectivity index (χ3n) is 5.21. The van der Waals surface area contributed by atoms with E-state index in [1.165, 1.54) is 83.5 Å². The lowest BCUT2D eigenvalue weighted by molar-refractivity contribution is -0.686. The lowest BCUT2D eigenvalue weighted by Gasteiger charge is -2.34. The first-order valence-electron chi connectivity index (χ1n) is 10.4. The average molecular weight is 481 g/mol. The van der Waals surface area contributed by atoms with Crippen LogP contribution in [0.5, 0.6) is 0 Å². The van der Waals surface area contributed by atoms with Gasteiger partial charge < -0.3 is 27.0 Å². The highest BCUT2D eigenvalue weighted by Crippen LogP contribution is 2.24. The summed E-state index contributed by atoms with van der Waals surface area (Å²) < 4.78 is 6.11. The van der Waals surface area contributed by atoms with Crippen molar-refractivity contribution in [2.24, 2.45) is 0 Å². The Balaban J connectivity index is 0.00000576. The highest BCUT2D eigenvalue weighted by molar-refractivity contribution is 9.12. The normalized spacial score (nSPS) is 19.8. The average Bonchev–Trinajstić information content (AvgIpc) is 2.62. The first kappa shape index (κ1) is 25.4. The SMILES string of the molecule is CCCCCCCCCCCCCCC1(CC#CBr)C[NH2+]CCO1.[Br-]. The molecule has 0 bridgehead atoms. The third kappa shape index (κ3) is 13.3. The van der Waals surface area contributed by atoms with Crippen LogP contribution in [0.1, 0.15) is 96.8 Å². The summed E-state index contributed by atoms with van der Waals surface area (Å²) in [6, 6.07) is 0. The molecule has 0 saturated carbocycles. The number of ether oxygens (including phenoxy) is 1. The van der Waals surface area contributed by atoms with Crippen molar-refractivity contribution in [3.8, 4) is 10.8 Å². The molecule has 4 heteroatoms. The highest BCUT2D eigenvalue weighted by atomic mass is 79.9. The first-order chi connectivity index (χ1) is 11.8. The summed E-state index contributed by atoms with van der Waals surface area (Å²) in [7, 11) is 0. The van der Waals surface area contributed by atoms with Crippen LogP contribution < -0.4 is 22.3 Å². The maximum absolute atomic E-state index is 6.11. The fourth-order valence-electron chi connectivity index (χ4n) is 3.65. The van der Waals surface area contributed by atoms with E-state index in [2.05, 4.69) is 38.9 Å². The van der Waals surface area contributed by atoms with Crippen LogP contribution in [-0.2, 0) is 4.74 Å². The number of morpholine rings is 1.